The first-order chi connectivity index (χ1) is 23.0. The van der Waals surface area contributed by atoms with E-state index in [4.69, 9.17) is 9.47 Å². The van der Waals surface area contributed by atoms with Crippen molar-refractivity contribution in [2.24, 2.45) is 0 Å². The molecule has 6 rings (SSSR count). The van der Waals surface area contributed by atoms with Gasteiger partial charge in [0.1, 0.15) is 34.1 Å². The van der Waals surface area contributed by atoms with Gasteiger partial charge in [0, 0.05) is 34.5 Å². The first-order valence-electron chi connectivity index (χ1n) is 14.3. The van der Waals surface area contributed by atoms with E-state index in [2.05, 4.69) is 30.6 Å². The lowest BCUT2D eigenvalue weighted by atomic mass is 10.1. The summed E-state index contributed by atoms with van der Waals surface area (Å²) in [6.45, 7) is 3.30. The molecule has 15 nitrogen and oxygen atoms in total. The van der Waals surface area contributed by atoms with Crippen LogP contribution < -0.4 is 20.1 Å². The topological polar surface area (TPSA) is 241 Å². The quantitative estimate of drug-likeness (QED) is 0.120. The molecule has 2 aromatic carbocycles. The molecule has 4 heterocycles. The summed E-state index contributed by atoms with van der Waals surface area (Å²) in [6.07, 6.45) is 2.50. The number of rotatable bonds is 8. The number of carbonyl (C=O) groups is 2. The molecule has 8 N–H and O–H groups in total. The van der Waals surface area contributed by atoms with Gasteiger partial charge in [0.2, 0.25) is 0 Å². The van der Waals surface area contributed by atoms with Gasteiger partial charge in [-0.2, -0.15) is 0 Å². The molecule has 49 heavy (non-hydrogen) atoms. The third-order valence-electron chi connectivity index (χ3n) is 7.22. The number of methoxy groups -OCH3 is 2. The monoisotopic (exact) mass is 668 g/mol. The van der Waals surface area contributed by atoms with E-state index in [0.29, 0.717) is 67.7 Å². The Bertz CT molecular complexity index is 2000. The molecule has 0 radical (unpaired) electrons. The highest BCUT2D eigenvalue weighted by Gasteiger charge is 2.18. The SMILES string of the molecule is COc1ccc(Nc2c(C(=O)O)cnc3nc(C)c(O)cc23)cc1.COc1ccc(Nc2c(C(=O)O)cnc3nc(C)c(O)cc23)cc1.O. The van der Waals surface area contributed by atoms with Crippen molar-refractivity contribution in [2.45, 2.75) is 13.8 Å². The number of hydrogen-bond acceptors (Lipinski definition) is 12. The minimum Gasteiger partial charge on any atom is -0.506 e. The van der Waals surface area contributed by atoms with Crippen LogP contribution in [0.15, 0.2) is 73.1 Å². The summed E-state index contributed by atoms with van der Waals surface area (Å²) in [5, 5.41) is 45.7. The minimum absolute atomic E-state index is 0. The molecule has 0 atom stereocenters. The molecule has 0 fully saturated rings. The lowest BCUT2D eigenvalue weighted by Crippen LogP contribution is -2.05. The van der Waals surface area contributed by atoms with Crippen molar-refractivity contribution in [1.82, 2.24) is 19.9 Å². The van der Waals surface area contributed by atoms with Crippen molar-refractivity contribution in [1.29, 1.82) is 0 Å². The number of nitrogens with zero attached hydrogens (tertiary/aromatic N) is 4. The molecule has 252 valence electrons. The molecular formula is C34H32N6O9. The van der Waals surface area contributed by atoms with E-state index in [1.54, 1.807) is 76.6 Å². The Morgan fingerprint density at radius 3 is 1.29 bits per heavy atom. The van der Waals surface area contributed by atoms with E-state index in [-0.39, 0.29) is 28.1 Å². The number of aromatic carboxylic acids is 2. The summed E-state index contributed by atoms with van der Waals surface area (Å²) in [5.41, 5.74) is 3.52. The zero-order valence-corrected chi connectivity index (χ0v) is 26.6. The van der Waals surface area contributed by atoms with Crippen LogP contribution in [-0.2, 0) is 0 Å². The van der Waals surface area contributed by atoms with Gasteiger partial charge in [-0.3, -0.25) is 0 Å². The Labute approximate surface area is 278 Å². The van der Waals surface area contributed by atoms with Crippen LogP contribution in [0.4, 0.5) is 22.7 Å². The molecule has 15 heteroatoms. The van der Waals surface area contributed by atoms with Gasteiger partial charge in [-0.15, -0.1) is 0 Å². The molecule has 0 bridgehead atoms. The summed E-state index contributed by atoms with van der Waals surface area (Å²) < 4.78 is 10.2. The van der Waals surface area contributed by atoms with Crippen molar-refractivity contribution in [3.8, 4) is 23.0 Å². The third-order valence-corrected chi connectivity index (χ3v) is 7.22. The number of nitrogens with one attached hydrogen (secondary N) is 2. The van der Waals surface area contributed by atoms with Gasteiger partial charge >= 0.3 is 11.9 Å². The second-order valence-electron chi connectivity index (χ2n) is 10.3. The standard InChI is InChI=1S/2C17H15N3O4.H2O/c2*1-9-14(21)7-12-15(13(17(22)23)8-18-16(12)19-9)20-10-3-5-11(24-2)6-4-10;/h2*3-8,21H,1-2H3,(H,22,23)(H,18,19,20);1H2. The van der Waals surface area contributed by atoms with Crippen molar-refractivity contribution in [2.75, 3.05) is 24.9 Å². The number of carboxylic acid groups (broad SMARTS) is 2. The molecule has 0 aliphatic rings. The fraction of sp³-hybridized carbons (Fsp3) is 0.118. The highest BCUT2D eigenvalue weighted by molar-refractivity contribution is 6.06. The Morgan fingerprint density at radius 1 is 0.633 bits per heavy atom. The molecule has 0 aliphatic heterocycles. The molecule has 0 spiro atoms. The van der Waals surface area contributed by atoms with Gasteiger partial charge in [-0.25, -0.2) is 29.5 Å². The number of hydrogen-bond donors (Lipinski definition) is 6. The molecule has 0 amide bonds. The second kappa shape index (κ2) is 14.8. The minimum atomic E-state index is -1.12. The van der Waals surface area contributed by atoms with Crippen LogP contribution >= 0.6 is 0 Å². The zero-order valence-electron chi connectivity index (χ0n) is 26.6. The predicted molar refractivity (Wildman–Crippen MR) is 182 cm³/mol. The number of ether oxygens (including phenoxy) is 2. The van der Waals surface area contributed by atoms with Crippen LogP contribution in [0.25, 0.3) is 22.1 Å². The van der Waals surface area contributed by atoms with E-state index in [0.717, 1.165) is 0 Å². The summed E-state index contributed by atoms with van der Waals surface area (Å²) in [7, 11) is 3.14. The van der Waals surface area contributed by atoms with E-state index in [1.807, 2.05) is 0 Å². The number of pyridine rings is 4. The third kappa shape index (κ3) is 7.64. The normalized spacial score (nSPS) is 10.4. The molecular weight excluding hydrogens is 636 g/mol. The average Bonchev–Trinajstić information content (AvgIpc) is 3.07. The maximum absolute atomic E-state index is 11.5. The lowest BCUT2D eigenvalue weighted by Gasteiger charge is -2.13. The van der Waals surface area contributed by atoms with E-state index >= 15 is 0 Å². The largest absolute Gasteiger partial charge is 0.506 e. The van der Waals surface area contributed by atoms with Crippen molar-refractivity contribution >= 4 is 56.8 Å². The van der Waals surface area contributed by atoms with Crippen molar-refractivity contribution < 1.29 is 45.0 Å². The van der Waals surface area contributed by atoms with Gasteiger partial charge in [0.25, 0.3) is 0 Å². The second-order valence-corrected chi connectivity index (χ2v) is 10.3. The molecule has 0 aliphatic carbocycles. The molecule has 0 saturated carbocycles. The van der Waals surface area contributed by atoms with Gasteiger partial charge in [0.15, 0.2) is 11.3 Å². The van der Waals surface area contributed by atoms with E-state index < -0.39 is 11.9 Å². The summed E-state index contributed by atoms with van der Waals surface area (Å²) in [5.74, 6) is -0.919. The number of aromatic hydroxyl groups is 2. The number of anilines is 4. The highest BCUT2D eigenvalue weighted by atomic mass is 16.5. The fourth-order valence-electron chi connectivity index (χ4n) is 4.63. The smallest absolute Gasteiger partial charge is 0.339 e. The van der Waals surface area contributed by atoms with E-state index in [9.17, 15) is 30.0 Å². The molecule has 6 aromatic rings. The number of carboxylic acids is 2. The van der Waals surface area contributed by atoms with Crippen LogP contribution in [0.1, 0.15) is 32.1 Å². The van der Waals surface area contributed by atoms with Crippen molar-refractivity contribution in [3.05, 3.63) is 95.6 Å². The van der Waals surface area contributed by atoms with Crippen LogP contribution in [0.3, 0.4) is 0 Å². The number of fused-ring (bicyclic) bond motifs is 2. The van der Waals surface area contributed by atoms with Gasteiger partial charge < -0.3 is 46.0 Å². The Kier molecular flexibility index (Phi) is 10.6. The number of aromatic nitrogens is 4. The average molecular weight is 669 g/mol. The Hall–Kier alpha value is -6.74. The number of aryl methyl sites for hydroxylation is 2. The zero-order chi connectivity index (χ0) is 34.5. The maximum atomic E-state index is 11.5. The first kappa shape index (κ1) is 35.1. The first-order valence-corrected chi connectivity index (χ1v) is 14.3. The summed E-state index contributed by atoms with van der Waals surface area (Å²) >= 11 is 0. The lowest BCUT2D eigenvalue weighted by molar-refractivity contribution is 0.0686. The Balaban J connectivity index is 0.000000216. The highest BCUT2D eigenvalue weighted by Crippen LogP contribution is 2.33. The van der Waals surface area contributed by atoms with Gasteiger partial charge in [0.05, 0.1) is 37.0 Å². The molecule has 0 saturated heterocycles. The fourth-order valence-corrected chi connectivity index (χ4v) is 4.63. The van der Waals surface area contributed by atoms with Gasteiger partial charge in [-0.05, 0) is 74.5 Å². The summed E-state index contributed by atoms with van der Waals surface area (Å²) in [6, 6.07) is 17.0. The molecule has 4 aromatic heterocycles. The van der Waals surface area contributed by atoms with Crippen LogP contribution in [-0.4, -0.2) is 72.0 Å². The van der Waals surface area contributed by atoms with Crippen LogP contribution in [0, 0.1) is 13.8 Å². The Morgan fingerprint density at radius 2 is 0.980 bits per heavy atom. The van der Waals surface area contributed by atoms with Crippen LogP contribution in [0.2, 0.25) is 0 Å². The molecule has 0 unspecified atom stereocenters. The maximum Gasteiger partial charge on any atom is 0.339 e. The summed E-state index contributed by atoms with van der Waals surface area (Å²) in [4.78, 5) is 39.6. The van der Waals surface area contributed by atoms with Crippen LogP contribution in [0.5, 0.6) is 23.0 Å². The number of benzene rings is 2. The predicted octanol–water partition coefficient (Wildman–Crippen LogP) is 5.36. The van der Waals surface area contributed by atoms with Crippen molar-refractivity contribution in [3.63, 3.8) is 0 Å². The van der Waals surface area contributed by atoms with E-state index in [1.165, 1.54) is 24.5 Å². The van der Waals surface area contributed by atoms with Gasteiger partial charge in [-0.1, -0.05) is 0 Å².